The minimum absolute atomic E-state index is 0.0606. The van der Waals surface area contributed by atoms with Crippen LogP contribution in [0.15, 0.2) is 40.6 Å². The highest BCUT2D eigenvalue weighted by atomic mass is 32.2. The molecule has 8 heteroatoms. The van der Waals surface area contributed by atoms with Gasteiger partial charge in [-0.25, -0.2) is 8.42 Å². The molecule has 1 aliphatic heterocycles. The normalized spacial score (nSPS) is 16.0. The van der Waals surface area contributed by atoms with Crippen molar-refractivity contribution in [3.63, 3.8) is 0 Å². The summed E-state index contributed by atoms with van der Waals surface area (Å²) in [5.41, 5.74) is 1.24. The summed E-state index contributed by atoms with van der Waals surface area (Å²) >= 11 is 1.01. The van der Waals surface area contributed by atoms with Crippen LogP contribution in [0.5, 0.6) is 0 Å². The summed E-state index contributed by atoms with van der Waals surface area (Å²) in [5.74, 6) is 0.597. The molecule has 0 aliphatic carbocycles. The lowest BCUT2D eigenvalue weighted by Gasteiger charge is -2.32. The van der Waals surface area contributed by atoms with E-state index in [1.54, 1.807) is 0 Å². The smallest absolute Gasteiger partial charge is 0.305 e. The van der Waals surface area contributed by atoms with Crippen molar-refractivity contribution in [2.24, 2.45) is 5.92 Å². The summed E-state index contributed by atoms with van der Waals surface area (Å²) in [6, 6.07) is 11.6. The lowest BCUT2D eigenvalue weighted by atomic mass is 9.90. The quantitative estimate of drug-likeness (QED) is 0.548. The molecule has 0 saturated carbocycles. The van der Waals surface area contributed by atoms with Crippen LogP contribution in [0.1, 0.15) is 24.8 Å². The number of nitrogens with zero attached hydrogens (tertiary/aromatic N) is 2. The van der Waals surface area contributed by atoms with Gasteiger partial charge in [0.05, 0.1) is 4.92 Å². The number of piperidine rings is 1. The largest absolute Gasteiger partial charge is 0.358 e. The monoisotopic (exact) mass is 394 g/mol. The highest BCUT2D eigenvalue weighted by Crippen LogP contribution is 2.41. The fraction of sp³-hybridized carbons (Fsp3) is 0.444. The number of thiophene rings is 1. The van der Waals surface area contributed by atoms with Gasteiger partial charge in [-0.2, -0.15) is 0 Å². The number of sulfone groups is 1. The minimum atomic E-state index is -3.44. The van der Waals surface area contributed by atoms with Gasteiger partial charge in [0.2, 0.25) is 0 Å². The molecule has 0 radical (unpaired) electrons. The molecule has 1 aromatic carbocycles. The van der Waals surface area contributed by atoms with Gasteiger partial charge in [0, 0.05) is 25.4 Å². The minimum Gasteiger partial charge on any atom is -0.358 e. The second-order valence-electron chi connectivity index (χ2n) is 6.74. The molecule has 0 bridgehead atoms. The van der Waals surface area contributed by atoms with E-state index >= 15 is 0 Å². The number of aryl methyl sites for hydroxylation is 1. The van der Waals surface area contributed by atoms with Crippen LogP contribution in [0.4, 0.5) is 10.7 Å². The van der Waals surface area contributed by atoms with Gasteiger partial charge in [-0.05, 0) is 37.2 Å². The first-order valence-corrected chi connectivity index (χ1v) is 11.3. The van der Waals surface area contributed by atoms with Crippen LogP contribution in [0.2, 0.25) is 0 Å². The van der Waals surface area contributed by atoms with E-state index in [1.807, 2.05) is 23.1 Å². The van der Waals surface area contributed by atoms with Crippen molar-refractivity contribution in [1.82, 2.24) is 0 Å². The van der Waals surface area contributed by atoms with E-state index in [1.165, 1.54) is 11.6 Å². The van der Waals surface area contributed by atoms with E-state index in [0.717, 1.165) is 56.4 Å². The van der Waals surface area contributed by atoms with Gasteiger partial charge in [-0.3, -0.25) is 10.1 Å². The summed E-state index contributed by atoms with van der Waals surface area (Å²) in [7, 11) is -3.44. The molecule has 1 aliphatic rings. The van der Waals surface area contributed by atoms with Crippen molar-refractivity contribution in [3.8, 4) is 0 Å². The van der Waals surface area contributed by atoms with Gasteiger partial charge in [0.15, 0.2) is 14.8 Å². The first-order chi connectivity index (χ1) is 12.3. The van der Waals surface area contributed by atoms with Crippen molar-refractivity contribution in [2.45, 2.75) is 29.9 Å². The van der Waals surface area contributed by atoms with Gasteiger partial charge in [-0.15, -0.1) is 0 Å². The van der Waals surface area contributed by atoms with Crippen LogP contribution in [-0.2, 0) is 16.3 Å². The molecule has 6 nitrogen and oxygen atoms in total. The van der Waals surface area contributed by atoms with Gasteiger partial charge in [0.25, 0.3) is 0 Å². The topological polar surface area (TPSA) is 80.5 Å². The Bertz CT molecular complexity index is 870. The van der Waals surface area contributed by atoms with E-state index in [-0.39, 0.29) is 9.90 Å². The first kappa shape index (κ1) is 18.8. The van der Waals surface area contributed by atoms with Crippen molar-refractivity contribution in [3.05, 3.63) is 52.1 Å². The van der Waals surface area contributed by atoms with Crippen LogP contribution in [0.25, 0.3) is 0 Å². The molecule has 0 spiro atoms. The highest BCUT2D eigenvalue weighted by molar-refractivity contribution is 7.92. The average molecular weight is 395 g/mol. The number of hydrogen-bond donors (Lipinski definition) is 0. The lowest BCUT2D eigenvalue weighted by Crippen LogP contribution is -2.33. The third-order valence-electron chi connectivity index (χ3n) is 4.82. The molecule has 3 rings (SSSR count). The standard InChI is InChI=1S/C18H22N2O4S2/c1-26(23,24)17-13-16(20(21)22)18(25-17)19-11-9-15(10-12-19)8-7-14-5-3-2-4-6-14/h2-6,13,15H,7-12H2,1H3. The summed E-state index contributed by atoms with van der Waals surface area (Å²) < 4.78 is 23.6. The molecule has 0 atom stereocenters. The Morgan fingerprint density at radius 3 is 2.46 bits per heavy atom. The number of nitro groups is 1. The summed E-state index contributed by atoms with van der Waals surface area (Å²) in [6.45, 7) is 1.45. The third kappa shape index (κ3) is 4.42. The maximum absolute atomic E-state index is 11.7. The Balaban J connectivity index is 1.64. The van der Waals surface area contributed by atoms with Gasteiger partial charge in [-0.1, -0.05) is 41.7 Å². The van der Waals surface area contributed by atoms with E-state index < -0.39 is 14.8 Å². The van der Waals surface area contributed by atoms with Crippen molar-refractivity contribution >= 4 is 31.9 Å². The summed E-state index contributed by atoms with van der Waals surface area (Å²) in [5, 5.41) is 11.8. The molecule has 2 heterocycles. The zero-order valence-electron chi connectivity index (χ0n) is 14.6. The molecule has 1 fully saturated rings. The number of hydrogen-bond acceptors (Lipinski definition) is 6. The van der Waals surface area contributed by atoms with E-state index in [4.69, 9.17) is 0 Å². The Morgan fingerprint density at radius 2 is 1.88 bits per heavy atom. The molecule has 26 heavy (non-hydrogen) atoms. The molecule has 1 saturated heterocycles. The van der Waals surface area contributed by atoms with E-state index in [0.29, 0.717) is 10.9 Å². The van der Waals surface area contributed by atoms with Crippen LogP contribution < -0.4 is 4.90 Å². The SMILES string of the molecule is CS(=O)(=O)c1cc([N+](=O)[O-])c(N2CCC(CCc3ccccc3)CC2)s1. The number of rotatable bonds is 6. The first-order valence-electron chi connectivity index (χ1n) is 8.62. The Kier molecular flexibility index (Phi) is 5.62. The Labute approximate surface area is 157 Å². The highest BCUT2D eigenvalue weighted by Gasteiger charge is 2.29. The second kappa shape index (κ2) is 7.75. The number of anilines is 1. The maximum Gasteiger partial charge on any atom is 0.305 e. The second-order valence-corrected chi connectivity index (χ2v) is 10.0. The van der Waals surface area contributed by atoms with Crippen LogP contribution in [-0.4, -0.2) is 32.7 Å². The fourth-order valence-electron chi connectivity index (χ4n) is 3.33. The van der Waals surface area contributed by atoms with Crippen LogP contribution in [0, 0.1) is 16.0 Å². The van der Waals surface area contributed by atoms with Crippen molar-refractivity contribution in [1.29, 1.82) is 0 Å². The molecular weight excluding hydrogens is 372 g/mol. The molecule has 0 amide bonds. The summed E-state index contributed by atoms with van der Waals surface area (Å²) in [6.07, 6.45) is 5.18. The van der Waals surface area contributed by atoms with E-state index in [2.05, 4.69) is 12.1 Å². The summed E-state index contributed by atoms with van der Waals surface area (Å²) in [4.78, 5) is 12.8. The zero-order valence-corrected chi connectivity index (χ0v) is 16.3. The predicted octanol–water partition coefficient (Wildman–Crippen LogP) is 3.91. The average Bonchev–Trinajstić information content (AvgIpc) is 3.07. The van der Waals surface area contributed by atoms with Crippen LogP contribution >= 0.6 is 11.3 Å². The van der Waals surface area contributed by atoms with Crippen molar-refractivity contribution < 1.29 is 13.3 Å². The molecular formula is C18H22N2O4S2. The van der Waals surface area contributed by atoms with E-state index in [9.17, 15) is 18.5 Å². The number of benzene rings is 1. The van der Waals surface area contributed by atoms with Gasteiger partial charge in [0.1, 0.15) is 4.21 Å². The van der Waals surface area contributed by atoms with Crippen molar-refractivity contribution in [2.75, 3.05) is 24.2 Å². The molecule has 0 N–H and O–H groups in total. The van der Waals surface area contributed by atoms with Gasteiger partial charge < -0.3 is 4.90 Å². The Hall–Kier alpha value is -1.93. The molecule has 1 aromatic heterocycles. The van der Waals surface area contributed by atoms with Gasteiger partial charge >= 0.3 is 5.69 Å². The Morgan fingerprint density at radius 1 is 1.23 bits per heavy atom. The lowest BCUT2D eigenvalue weighted by molar-refractivity contribution is -0.383. The molecule has 2 aromatic rings. The molecule has 0 unspecified atom stereocenters. The predicted molar refractivity (Wildman–Crippen MR) is 104 cm³/mol. The maximum atomic E-state index is 11.7. The van der Waals surface area contributed by atoms with Crippen LogP contribution in [0.3, 0.4) is 0 Å². The zero-order chi connectivity index (χ0) is 18.7. The fourth-order valence-corrected chi connectivity index (χ4v) is 5.41. The molecule has 140 valence electrons. The third-order valence-corrected chi connectivity index (χ3v) is 7.81.